The topological polar surface area (TPSA) is 125 Å². The first-order valence-corrected chi connectivity index (χ1v) is 9.12. The van der Waals surface area contributed by atoms with Gasteiger partial charge in [0.2, 0.25) is 11.1 Å². The number of hydrogen-bond acceptors (Lipinski definition) is 8. The SMILES string of the molecule is O=C(CSc1nnnn1-c1ccc(OC(F)(F)F)cc1)Nc1cc([N+](=O)[O-])ccc1F. The van der Waals surface area contributed by atoms with Crippen molar-refractivity contribution < 1.29 is 32.0 Å². The smallest absolute Gasteiger partial charge is 0.406 e. The highest BCUT2D eigenvalue weighted by molar-refractivity contribution is 7.99. The summed E-state index contributed by atoms with van der Waals surface area (Å²) in [7, 11) is 0. The molecule has 31 heavy (non-hydrogen) atoms. The van der Waals surface area contributed by atoms with Crippen molar-refractivity contribution in [1.29, 1.82) is 0 Å². The van der Waals surface area contributed by atoms with Crippen molar-refractivity contribution in [1.82, 2.24) is 20.2 Å². The Hall–Kier alpha value is -3.75. The maximum Gasteiger partial charge on any atom is 0.573 e. The molecule has 0 radical (unpaired) electrons. The number of nitro benzene ring substituents is 1. The van der Waals surface area contributed by atoms with Gasteiger partial charge in [-0.3, -0.25) is 14.9 Å². The first-order valence-electron chi connectivity index (χ1n) is 8.13. The van der Waals surface area contributed by atoms with Crippen molar-refractivity contribution in [3.05, 3.63) is 58.4 Å². The fraction of sp³-hybridized carbons (Fsp3) is 0.125. The predicted molar refractivity (Wildman–Crippen MR) is 98.2 cm³/mol. The van der Waals surface area contributed by atoms with Crippen LogP contribution < -0.4 is 10.1 Å². The summed E-state index contributed by atoms with van der Waals surface area (Å²) >= 11 is 0.854. The number of ether oxygens (including phenoxy) is 1. The molecular weight excluding hydrogens is 448 g/mol. The Bertz CT molecular complexity index is 1110. The highest BCUT2D eigenvalue weighted by Crippen LogP contribution is 2.25. The number of non-ortho nitro benzene ring substituents is 1. The van der Waals surface area contributed by atoms with Gasteiger partial charge in [-0.05, 0) is 40.8 Å². The zero-order chi connectivity index (χ0) is 22.6. The van der Waals surface area contributed by atoms with Crippen LogP contribution in [0.2, 0.25) is 0 Å². The monoisotopic (exact) mass is 458 g/mol. The van der Waals surface area contributed by atoms with Crippen LogP contribution in [0, 0.1) is 15.9 Å². The molecule has 3 rings (SSSR count). The van der Waals surface area contributed by atoms with E-state index in [2.05, 4.69) is 25.6 Å². The van der Waals surface area contributed by atoms with Crippen LogP contribution in [0.4, 0.5) is 28.9 Å². The number of aromatic nitrogens is 4. The quantitative estimate of drug-likeness (QED) is 0.247. The minimum atomic E-state index is -4.83. The van der Waals surface area contributed by atoms with E-state index in [1.807, 2.05) is 0 Å². The van der Waals surface area contributed by atoms with E-state index in [0.717, 1.165) is 42.1 Å². The predicted octanol–water partition coefficient (Wildman–Crippen LogP) is 3.34. The van der Waals surface area contributed by atoms with Crippen LogP contribution in [0.5, 0.6) is 5.75 Å². The van der Waals surface area contributed by atoms with Gasteiger partial charge < -0.3 is 10.1 Å². The molecule has 15 heteroatoms. The minimum absolute atomic E-state index is 0.124. The lowest BCUT2D eigenvalue weighted by Gasteiger charge is -2.09. The zero-order valence-electron chi connectivity index (χ0n) is 15.0. The number of nitro groups is 1. The van der Waals surface area contributed by atoms with E-state index >= 15 is 0 Å². The molecule has 162 valence electrons. The van der Waals surface area contributed by atoms with E-state index < -0.39 is 34.4 Å². The standard InChI is InChI=1S/C16H10F4N6O4S/c17-12-6-3-10(26(28)29)7-13(12)21-14(27)8-31-15-22-23-24-25(15)9-1-4-11(5-2-9)30-16(18,19)20/h1-7H,8H2,(H,21,27). The third-order valence-electron chi connectivity index (χ3n) is 3.52. The Morgan fingerprint density at radius 1 is 1.23 bits per heavy atom. The number of tetrazole rings is 1. The molecule has 0 fully saturated rings. The lowest BCUT2D eigenvalue weighted by atomic mass is 10.2. The van der Waals surface area contributed by atoms with E-state index in [0.29, 0.717) is 5.69 Å². The Kier molecular flexibility index (Phi) is 6.33. The number of hydrogen-bond donors (Lipinski definition) is 1. The normalized spacial score (nSPS) is 11.2. The van der Waals surface area contributed by atoms with E-state index in [1.165, 1.54) is 16.8 Å². The summed E-state index contributed by atoms with van der Waals surface area (Å²) in [6, 6.07) is 7.38. The maximum absolute atomic E-state index is 13.8. The lowest BCUT2D eigenvalue weighted by Crippen LogP contribution is -2.17. The molecule has 0 spiro atoms. The molecule has 0 atom stereocenters. The van der Waals surface area contributed by atoms with Gasteiger partial charge in [0.05, 0.1) is 22.1 Å². The van der Waals surface area contributed by atoms with E-state index in [4.69, 9.17) is 0 Å². The van der Waals surface area contributed by atoms with Crippen LogP contribution in [0.25, 0.3) is 5.69 Å². The average molecular weight is 458 g/mol. The number of alkyl halides is 3. The molecule has 0 saturated carbocycles. The Labute approximate surface area is 174 Å². The third kappa shape index (κ3) is 5.88. The van der Waals surface area contributed by atoms with Crippen LogP contribution in [-0.4, -0.2) is 43.2 Å². The molecule has 1 N–H and O–H groups in total. The molecule has 0 unspecified atom stereocenters. The molecule has 0 aliphatic heterocycles. The second-order valence-corrected chi connectivity index (χ2v) is 6.62. The van der Waals surface area contributed by atoms with Gasteiger partial charge in [0.25, 0.3) is 5.69 Å². The number of thioether (sulfide) groups is 1. The molecule has 1 aromatic heterocycles. The lowest BCUT2D eigenvalue weighted by molar-refractivity contribution is -0.384. The van der Waals surface area contributed by atoms with Crippen molar-refractivity contribution >= 4 is 29.0 Å². The van der Waals surface area contributed by atoms with Crippen LogP contribution >= 0.6 is 11.8 Å². The molecule has 10 nitrogen and oxygen atoms in total. The number of halogens is 4. The Morgan fingerprint density at radius 2 is 1.94 bits per heavy atom. The number of anilines is 1. The number of carbonyl (C=O) groups is 1. The van der Waals surface area contributed by atoms with Gasteiger partial charge in [0, 0.05) is 12.1 Å². The van der Waals surface area contributed by atoms with Crippen molar-refractivity contribution in [3.8, 4) is 11.4 Å². The number of carbonyl (C=O) groups excluding carboxylic acids is 1. The molecule has 1 heterocycles. The van der Waals surface area contributed by atoms with Crippen LogP contribution in [0.15, 0.2) is 47.6 Å². The Morgan fingerprint density at radius 3 is 2.58 bits per heavy atom. The van der Waals surface area contributed by atoms with Crippen LogP contribution in [0.3, 0.4) is 0 Å². The summed E-state index contributed by atoms with van der Waals surface area (Å²) in [6.07, 6.45) is -4.83. The fourth-order valence-electron chi connectivity index (χ4n) is 2.26. The van der Waals surface area contributed by atoms with E-state index in [-0.39, 0.29) is 16.6 Å². The van der Waals surface area contributed by atoms with Crippen molar-refractivity contribution in [2.45, 2.75) is 11.5 Å². The number of nitrogens with one attached hydrogen (secondary N) is 1. The summed E-state index contributed by atoms with van der Waals surface area (Å²) in [4.78, 5) is 22.1. The third-order valence-corrected chi connectivity index (χ3v) is 4.44. The molecule has 2 aromatic carbocycles. The number of nitrogens with zero attached hydrogens (tertiary/aromatic N) is 5. The highest BCUT2D eigenvalue weighted by atomic mass is 32.2. The van der Waals surface area contributed by atoms with Gasteiger partial charge in [-0.1, -0.05) is 11.8 Å². The first kappa shape index (κ1) is 21.9. The molecule has 0 saturated heterocycles. The number of amides is 1. The maximum atomic E-state index is 13.8. The summed E-state index contributed by atoms with van der Waals surface area (Å²) < 4.78 is 55.4. The molecule has 0 aliphatic carbocycles. The van der Waals surface area contributed by atoms with Crippen molar-refractivity contribution in [3.63, 3.8) is 0 Å². The molecular formula is C16H10F4N6O4S. The molecule has 0 bridgehead atoms. The van der Waals surface area contributed by atoms with Gasteiger partial charge in [0.1, 0.15) is 11.6 Å². The number of rotatable bonds is 7. The molecule has 3 aromatic rings. The summed E-state index contributed by atoms with van der Waals surface area (Å²) in [5, 5.41) is 24.0. The van der Waals surface area contributed by atoms with Gasteiger partial charge in [-0.25, -0.2) is 4.39 Å². The van der Waals surface area contributed by atoms with Crippen LogP contribution in [0.1, 0.15) is 0 Å². The van der Waals surface area contributed by atoms with Gasteiger partial charge >= 0.3 is 6.36 Å². The van der Waals surface area contributed by atoms with Gasteiger partial charge in [-0.2, -0.15) is 4.68 Å². The average Bonchev–Trinajstić information content (AvgIpc) is 3.16. The van der Waals surface area contributed by atoms with Gasteiger partial charge in [-0.15, -0.1) is 18.3 Å². The highest BCUT2D eigenvalue weighted by Gasteiger charge is 2.31. The minimum Gasteiger partial charge on any atom is -0.406 e. The number of benzene rings is 2. The van der Waals surface area contributed by atoms with Crippen molar-refractivity contribution in [2.75, 3.05) is 11.1 Å². The molecule has 0 aliphatic rings. The van der Waals surface area contributed by atoms with E-state index in [9.17, 15) is 32.5 Å². The summed E-state index contributed by atoms with van der Waals surface area (Å²) in [5.74, 6) is -2.25. The molecule has 1 amide bonds. The Balaban J connectivity index is 1.65. The van der Waals surface area contributed by atoms with Crippen LogP contribution in [-0.2, 0) is 4.79 Å². The van der Waals surface area contributed by atoms with E-state index in [1.54, 1.807) is 0 Å². The first-order chi connectivity index (χ1) is 14.6. The fourth-order valence-corrected chi connectivity index (χ4v) is 2.95. The second-order valence-electron chi connectivity index (χ2n) is 5.67. The summed E-state index contributed by atoms with van der Waals surface area (Å²) in [6.45, 7) is 0. The van der Waals surface area contributed by atoms with Crippen molar-refractivity contribution in [2.24, 2.45) is 0 Å². The second kappa shape index (κ2) is 8.95. The summed E-state index contributed by atoms with van der Waals surface area (Å²) in [5.41, 5.74) is -0.460. The largest absolute Gasteiger partial charge is 0.573 e. The zero-order valence-corrected chi connectivity index (χ0v) is 15.9. The van der Waals surface area contributed by atoms with Gasteiger partial charge in [0.15, 0.2) is 0 Å².